The number of methoxy groups -OCH3 is 3. The number of rotatable bonds is 6. The van der Waals surface area contributed by atoms with Crippen LogP contribution in [0.4, 0.5) is 5.69 Å². The van der Waals surface area contributed by atoms with E-state index >= 15 is 0 Å². The van der Waals surface area contributed by atoms with E-state index in [0.29, 0.717) is 28.5 Å². The molecule has 0 aliphatic heterocycles. The number of carbonyl (C=O) groups is 1. The van der Waals surface area contributed by atoms with Gasteiger partial charge in [-0.15, -0.1) is 11.3 Å². The van der Waals surface area contributed by atoms with Gasteiger partial charge in [-0.2, -0.15) is 0 Å². The van der Waals surface area contributed by atoms with Crippen molar-refractivity contribution < 1.29 is 19.0 Å². The average Bonchev–Trinajstić information content (AvgIpc) is 3.13. The topological polar surface area (TPSA) is 69.7 Å². The Morgan fingerprint density at radius 2 is 1.74 bits per heavy atom. The van der Waals surface area contributed by atoms with Gasteiger partial charge in [-0.05, 0) is 31.2 Å². The van der Waals surface area contributed by atoms with Crippen molar-refractivity contribution in [1.29, 1.82) is 0 Å². The highest BCUT2D eigenvalue weighted by Gasteiger charge is 2.17. The molecule has 0 unspecified atom stereocenters. The second-order valence-electron chi connectivity index (χ2n) is 5.70. The lowest BCUT2D eigenvalue weighted by atomic mass is 10.1. The molecule has 1 heterocycles. The summed E-state index contributed by atoms with van der Waals surface area (Å²) in [6.45, 7) is 1.96. The maximum absolute atomic E-state index is 12.7. The van der Waals surface area contributed by atoms with Crippen molar-refractivity contribution in [2.75, 3.05) is 26.6 Å². The van der Waals surface area contributed by atoms with Gasteiger partial charge in [0.05, 0.1) is 32.0 Å². The standard InChI is InChI=1S/C20H20N2O4S/c1-12-21-16(11-27-12)13-6-5-7-15(8-13)22-20(23)14-9-17(24-2)19(26-4)18(10-14)25-3/h5-11H,1-4H3,(H,22,23). The second kappa shape index (κ2) is 8.09. The molecule has 0 saturated heterocycles. The number of ether oxygens (including phenoxy) is 3. The number of carbonyl (C=O) groups excluding carboxylic acids is 1. The van der Waals surface area contributed by atoms with Crippen LogP contribution in [0.3, 0.4) is 0 Å². The van der Waals surface area contributed by atoms with Crippen LogP contribution in [-0.2, 0) is 0 Å². The summed E-state index contributed by atoms with van der Waals surface area (Å²) in [5, 5.41) is 5.89. The predicted molar refractivity (Wildman–Crippen MR) is 106 cm³/mol. The van der Waals surface area contributed by atoms with Crippen LogP contribution in [0, 0.1) is 6.92 Å². The monoisotopic (exact) mass is 384 g/mol. The minimum atomic E-state index is -0.277. The van der Waals surface area contributed by atoms with Crippen molar-refractivity contribution in [2.24, 2.45) is 0 Å². The molecule has 1 aromatic heterocycles. The van der Waals surface area contributed by atoms with Crippen molar-refractivity contribution in [3.8, 4) is 28.5 Å². The predicted octanol–water partition coefficient (Wildman–Crippen LogP) is 4.40. The van der Waals surface area contributed by atoms with Gasteiger partial charge in [-0.25, -0.2) is 4.98 Å². The summed E-state index contributed by atoms with van der Waals surface area (Å²) in [6.07, 6.45) is 0. The van der Waals surface area contributed by atoms with Crippen LogP contribution >= 0.6 is 11.3 Å². The van der Waals surface area contributed by atoms with Crippen LogP contribution in [0.2, 0.25) is 0 Å². The fourth-order valence-corrected chi connectivity index (χ4v) is 3.29. The smallest absolute Gasteiger partial charge is 0.255 e. The Bertz CT molecular complexity index is 943. The molecule has 0 radical (unpaired) electrons. The molecule has 140 valence electrons. The maximum atomic E-state index is 12.7. The summed E-state index contributed by atoms with van der Waals surface area (Å²) in [6, 6.07) is 10.8. The molecule has 0 atom stereocenters. The van der Waals surface area contributed by atoms with Crippen LogP contribution in [0.15, 0.2) is 41.8 Å². The largest absolute Gasteiger partial charge is 0.493 e. The molecule has 0 fully saturated rings. The number of aromatic nitrogens is 1. The molecule has 2 aromatic carbocycles. The molecule has 0 saturated carbocycles. The summed E-state index contributed by atoms with van der Waals surface area (Å²) < 4.78 is 15.9. The average molecular weight is 384 g/mol. The van der Waals surface area contributed by atoms with E-state index in [1.807, 2.05) is 36.6 Å². The van der Waals surface area contributed by atoms with E-state index < -0.39 is 0 Å². The van der Waals surface area contributed by atoms with Gasteiger partial charge in [0.1, 0.15) is 0 Å². The fraction of sp³-hybridized carbons (Fsp3) is 0.200. The number of amides is 1. The normalized spacial score (nSPS) is 10.4. The van der Waals surface area contributed by atoms with E-state index in [2.05, 4.69) is 10.3 Å². The Kier molecular flexibility index (Phi) is 5.61. The van der Waals surface area contributed by atoms with Gasteiger partial charge in [-0.3, -0.25) is 4.79 Å². The highest BCUT2D eigenvalue weighted by atomic mass is 32.1. The van der Waals surface area contributed by atoms with Crippen molar-refractivity contribution in [2.45, 2.75) is 6.92 Å². The molecule has 1 amide bonds. The third kappa shape index (κ3) is 4.03. The first-order chi connectivity index (χ1) is 13.0. The highest BCUT2D eigenvalue weighted by molar-refractivity contribution is 7.09. The molecule has 0 aliphatic carbocycles. The van der Waals surface area contributed by atoms with Gasteiger partial charge in [-0.1, -0.05) is 12.1 Å². The van der Waals surface area contributed by atoms with Gasteiger partial charge in [0.25, 0.3) is 5.91 Å². The van der Waals surface area contributed by atoms with Gasteiger partial charge in [0, 0.05) is 22.2 Å². The second-order valence-corrected chi connectivity index (χ2v) is 6.76. The maximum Gasteiger partial charge on any atom is 0.255 e. The Morgan fingerprint density at radius 1 is 1.04 bits per heavy atom. The van der Waals surface area contributed by atoms with Crippen LogP contribution in [0.1, 0.15) is 15.4 Å². The van der Waals surface area contributed by atoms with Crippen molar-refractivity contribution in [3.63, 3.8) is 0 Å². The molecule has 0 spiro atoms. The van der Waals surface area contributed by atoms with E-state index in [1.54, 1.807) is 23.5 Å². The lowest BCUT2D eigenvalue weighted by Gasteiger charge is -2.14. The van der Waals surface area contributed by atoms with E-state index in [9.17, 15) is 4.79 Å². The Labute approximate surface area is 161 Å². The minimum Gasteiger partial charge on any atom is -0.493 e. The molecule has 3 rings (SSSR count). The first-order valence-electron chi connectivity index (χ1n) is 8.19. The fourth-order valence-electron chi connectivity index (χ4n) is 2.67. The first kappa shape index (κ1) is 18.7. The number of hydrogen-bond donors (Lipinski definition) is 1. The van der Waals surface area contributed by atoms with Crippen LogP contribution < -0.4 is 19.5 Å². The molecule has 0 bridgehead atoms. The van der Waals surface area contributed by atoms with Gasteiger partial charge in [0.2, 0.25) is 5.75 Å². The number of hydrogen-bond acceptors (Lipinski definition) is 6. The summed E-state index contributed by atoms with van der Waals surface area (Å²) >= 11 is 1.59. The number of thiazole rings is 1. The van der Waals surface area contributed by atoms with Crippen molar-refractivity contribution >= 4 is 22.9 Å². The Balaban J connectivity index is 1.87. The first-order valence-corrected chi connectivity index (χ1v) is 9.07. The molecule has 1 N–H and O–H groups in total. The molecule has 6 nitrogen and oxygen atoms in total. The van der Waals surface area contributed by atoms with Gasteiger partial charge < -0.3 is 19.5 Å². The number of benzene rings is 2. The molecule has 3 aromatic rings. The lowest BCUT2D eigenvalue weighted by Crippen LogP contribution is -2.12. The third-order valence-corrected chi connectivity index (χ3v) is 4.74. The minimum absolute atomic E-state index is 0.277. The summed E-state index contributed by atoms with van der Waals surface area (Å²) in [7, 11) is 4.54. The molecule has 27 heavy (non-hydrogen) atoms. The molecular weight excluding hydrogens is 364 g/mol. The molecule has 0 aliphatic rings. The van der Waals surface area contributed by atoms with E-state index in [-0.39, 0.29) is 5.91 Å². The molecule has 7 heteroatoms. The number of anilines is 1. The summed E-state index contributed by atoms with van der Waals surface area (Å²) in [5.74, 6) is 1.01. The molecular formula is C20H20N2O4S. The third-order valence-electron chi connectivity index (χ3n) is 3.96. The summed E-state index contributed by atoms with van der Waals surface area (Å²) in [4.78, 5) is 17.2. The SMILES string of the molecule is COc1cc(C(=O)Nc2cccc(-c3csc(C)n3)c2)cc(OC)c1OC. The van der Waals surface area contributed by atoms with Crippen LogP contribution in [0.25, 0.3) is 11.3 Å². The summed E-state index contributed by atoms with van der Waals surface area (Å²) in [5.41, 5.74) is 2.92. The van der Waals surface area contributed by atoms with Crippen LogP contribution in [-0.4, -0.2) is 32.2 Å². The van der Waals surface area contributed by atoms with E-state index in [4.69, 9.17) is 14.2 Å². The van der Waals surface area contributed by atoms with E-state index in [1.165, 1.54) is 21.3 Å². The number of nitrogens with zero attached hydrogens (tertiary/aromatic N) is 1. The highest BCUT2D eigenvalue weighted by Crippen LogP contribution is 2.38. The zero-order valence-electron chi connectivity index (χ0n) is 15.5. The van der Waals surface area contributed by atoms with Crippen molar-refractivity contribution in [3.05, 3.63) is 52.3 Å². The Morgan fingerprint density at radius 3 is 2.30 bits per heavy atom. The van der Waals surface area contributed by atoms with Crippen LogP contribution in [0.5, 0.6) is 17.2 Å². The Hall–Kier alpha value is -3.06. The zero-order valence-corrected chi connectivity index (χ0v) is 16.3. The number of aryl methyl sites for hydroxylation is 1. The van der Waals surface area contributed by atoms with Gasteiger partial charge >= 0.3 is 0 Å². The van der Waals surface area contributed by atoms with Gasteiger partial charge in [0.15, 0.2) is 11.5 Å². The number of nitrogens with one attached hydrogen (secondary N) is 1. The quantitative estimate of drug-likeness (QED) is 0.682. The zero-order chi connectivity index (χ0) is 19.4. The lowest BCUT2D eigenvalue weighted by molar-refractivity contribution is 0.102. The van der Waals surface area contributed by atoms with Crippen molar-refractivity contribution in [1.82, 2.24) is 4.98 Å². The van der Waals surface area contributed by atoms with E-state index in [0.717, 1.165) is 16.3 Å².